The van der Waals surface area contributed by atoms with Crippen LogP contribution in [0.2, 0.25) is 0 Å². The van der Waals surface area contributed by atoms with E-state index in [2.05, 4.69) is 0 Å². The zero-order chi connectivity index (χ0) is 22.2. The molecule has 2 heterocycles. The highest BCUT2D eigenvalue weighted by Gasteiger charge is 2.25. The maximum atomic E-state index is 12.5. The molecule has 0 unspecified atom stereocenters. The van der Waals surface area contributed by atoms with Gasteiger partial charge in [-0.1, -0.05) is 29.8 Å². The molecule has 0 N–H and O–H groups in total. The van der Waals surface area contributed by atoms with Gasteiger partial charge in [-0.15, -0.1) is 0 Å². The summed E-state index contributed by atoms with van der Waals surface area (Å²) in [6, 6.07) is 19.2. The third kappa shape index (κ3) is 3.43. The zero-order valence-corrected chi connectivity index (χ0v) is 18.2. The Hall–Kier alpha value is -3.93. The van der Waals surface area contributed by atoms with Crippen molar-refractivity contribution < 1.29 is 18.6 Å². The van der Waals surface area contributed by atoms with Crippen LogP contribution in [0, 0.1) is 6.92 Å². The molecule has 4 aromatic rings. The topological polar surface area (TPSA) is 61.1 Å². The molecule has 6 nitrogen and oxygen atoms in total. The van der Waals surface area contributed by atoms with E-state index in [1.807, 2.05) is 66.4 Å². The third-order valence-electron chi connectivity index (χ3n) is 5.79. The van der Waals surface area contributed by atoms with E-state index < -0.39 is 0 Å². The molecule has 32 heavy (non-hydrogen) atoms. The molecular weight excluding hydrogens is 406 g/mol. The summed E-state index contributed by atoms with van der Waals surface area (Å²) in [6.07, 6.45) is 0. The Morgan fingerprint density at radius 2 is 1.75 bits per heavy atom. The van der Waals surface area contributed by atoms with E-state index >= 15 is 0 Å². The van der Waals surface area contributed by atoms with Gasteiger partial charge in [0.15, 0.2) is 6.73 Å². The predicted octanol–water partition coefficient (Wildman–Crippen LogP) is 5.14. The van der Waals surface area contributed by atoms with Crippen molar-refractivity contribution >= 4 is 16.7 Å². The Bertz CT molecular complexity index is 1360. The summed E-state index contributed by atoms with van der Waals surface area (Å²) in [7, 11) is 3.24. The van der Waals surface area contributed by atoms with Crippen molar-refractivity contribution in [3.63, 3.8) is 0 Å². The molecule has 162 valence electrons. The second kappa shape index (κ2) is 7.96. The number of anilines is 1. The molecule has 0 spiro atoms. The summed E-state index contributed by atoms with van der Waals surface area (Å²) >= 11 is 0. The summed E-state index contributed by atoms with van der Waals surface area (Å²) in [5, 5.41) is 0.874. The molecule has 1 aliphatic heterocycles. The molecule has 0 bridgehead atoms. The van der Waals surface area contributed by atoms with Crippen LogP contribution >= 0.6 is 0 Å². The van der Waals surface area contributed by atoms with Crippen LogP contribution in [0.1, 0.15) is 11.1 Å². The Balaban J connectivity index is 1.62. The fourth-order valence-corrected chi connectivity index (χ4v) is 4.11. The number of rotatable bonds is 4. The maximum Gasteiger partial charge on any atom is 0.336 e. The van der Waals surface area contributed by atoms with Crippen molar-refractivity contribution in [1.82, 2.24) is 0 Å². The average Bonchev–Trinajstić information content (AvgIpc) is 2.83. The first-order valence-electron chi connectivity index (χ1n) is 10.3. The molecular formula is C26H23NO5. The van der Waals surface area contributed by atoms with Gasteiger partial charge in [0.25, 0.3) is 0 Å². The highest BCUT2D eigenvalue weighted by molar-refractivity contribution is 5.96. The summed E-state index contributed by atoms with van der Waals surface area (Å²) in [4.78, 5) is 14.5. The van der Waals surface area contributed by atoms with E-state index in [0.29, 0.717) is 36.1 Å². The van der Waals surface area contributed by atoms with Gasteiger partial charge in [0.1, 0.15) is 22.8 Å². The largest absolute Gasteiger partial charge is 0.497 e. The van der Waals surface area contributed by atoms with Crippen LogP contribution in [0.25, 0.3) is 22.1 Å². The number of methoxy groups -OCH3 is 2. The van der Waals surface area contributed by atoms with Gasteiger partial charge in [0.2, 0.25) is 0 Å². The molecule has 3 aromatic carbocycles. The van der Waals surface area contributed by atoms with E-state index in [-0.39, 0.29) is 5.63 Å². The lowest BCUT2D eigenvalue weighted by Crippen LogP contribution is -2.32. The van der Waals surface area contributed by atoms with Gasteiger partial charge in [-0.2, -0.15) is 0 Å². The van der Waals surface area contributed by atoms with Crippen LogP contribution in [-0.2, 0) is 6.54 Å². The fraction of sp³-hybridized carbons (Fsp3) is 0.192. The van der Waals surface area contributed by atoms with Gasteiger partial charge in [0.05, 0.1) is 32.0 Å². The van der Waals surface area contributed by atoms with Crippen LogP contribution < -0.4 is 24.7 Å². The zero-order valence-electron chi connectivity index (χ0n) is 18.2. The van der Waals surface area contributed by atoms with Crippen LogP contribution in [0.5, 0.6) is 17.2 Å². The first kappa shape index (κ1) is 20.0. The number of fused-ring (bicyclic) bond motifs is 3. The molecule has 0 saturated heterocycles. The first-order chi connectivity index (χ1) is 15.6. The van der Waals surface area contributed by atoms with Gasteiger partial charge in [-0.25, -0.2) is 4.79 Å². The SMILES string of the molecule is COc1ccc(N2COc3ccc4c(-c5ccc(C)cc5)cc(=O)oc4c3C2)c(OC)c1. The lowest BCUT2D eigenvalue weighted by molar-refractivity contribution is 0.286. The Kier molecular flexibility index (Phi) is 4.98. The lowest BCUT2D eigenvalue weighted by atomic mass is 9.98. The average molecular weight is 429 g/mol. The Labute approximate surface area is 185 Å². The molecule has 0 fully saturated rings. The summed E-state index contributed by atoms with van der Waals surface area (Å²) in [6.45, 7) is 2.90. The second-order valence-corrected chi connectivity index (χ2v) is 7.77. The standard InChI is InChI=1S/C26H23NO5/c1-16-4-6-17(7-5-16)20-13-25(28)32-26-19(20)9-11-23-21(26)14-27(15-31-23)22-10-8-18(29-2)12-24(22)30-3/h4-13H,14-15H2,1-3H3. The number of hydrogen-bond donors (Lipinski definition) is 0. The molecule has 5 rings (SSSR count). The third-order valence-corrected chi connectivity index (χ3v) is 5.79. The minimum absolute atomic E-state index is 0.350. The highest BCUT2D eigenvalue weighted by atomic mass is 16.5. The van der Waals surface area contributed by atoms with E-state index in [1.54, 1.807) is 20.3 Å². The highest BCUT2D eigenvalue weighted by Crippen LogP contribution is 2.40. The molecule has 0 atom stereocenters. The number of benzene rings is 3. The van der Waals surface area contributed by atoms with Crippen molar-refractivity contribution in [1.29, 1.82) is 0 Å². The van der Waals surface area contributed by atoms with Crippen LogP contribution in [-0.4, -0.2) is 21.0 Å². The predicted molar refractivity (Wildman–Crippen MR) is 124 cm³/mol. The van der Waals surface area contributed by atoms with Crippen molar-refractivity contribution in [3.05, 3.63) is 82.2 Å². The van der Waals surface area contributed by atoms with Crippen molar-refractivity contribution in [3.8, 4) is 28.4 Å². The molecule has 0 amide bonds. The Morgan fingerprint density at radius 1 is 0.938 bits per heavy atom. The van der Waals surface area contributed by atoms with Crippen LogP contribution in [0.3, 0.4) is 0 Å². The van der Waals surface area contributed by atoms with E-state index in [0.717, 1.165) is 33.3 Å². The smallest absolute Gasteiger partial charge is 0.336 e. The second-order valence-electron chi connectivity index (χ2n) is 7.77. The monoisotopic (exact) mass is 429 g/mol. The molecule has 1 aliphatic rings. The van der Waals surface area contributed by atoms with E-state index in [4.69, 9.17) is 18.6 Å². The van der Waals surface area contributed by atoms with Crippen LogP contribution in [0.4, 0.5) is 5.69 Å². The number of ether oxygens (including phenoxy) is 3. The minimum atomic E-state index is -0.388. The number of hydrogen-bond acceptors (Lipinski definition) is 6. The van der Waals surface area contributed by atoms with E-state index in [9.17, 15) is 4.79 Å². The quantitative estimate of drug-likeness (QED) is 0.419. The summed E-state index contributed by atoms with van der Waals surface area (Å²) in [5.41, 5.74) is 4.84. The normalized spacial score (nSPS) is 12.9. The lowest BCUT2D eigenvalue weighted by Gasteiger charge is -2.32. The number of nitrogens with zero attached hydrogens (tertiary/aromatic N) is 1. The molecule has 1 aromatic heterocycles. The molecule has 0 saturated carbocycles. The van der Waals surface area contributed by atoms with Gasteiger partial charge in [-0.3, -0.25) is 0 Å². The first-order valence-corrected chi connectivity index (χ1v) is 10.3. The van der Waals surface area contributed by atoms with Gasteiger partial charge in [-0.05, 0) is 42.3 Å². The summed E-state index contributed by atoms with van der Waals surface area (Å²) < 4.78 is 22.6. The number of aryl methyl sites for hydroxylation is 1. The van der Waals surface area contributed by atoms with Crippen molar-refractivity contribution in [2.75, 3.05) is 25.9 Å². The maximum absolute atomic E-state index is 12.5. The van der Waals surface area contributed by atoms with Crippen LogP contribution in [0.15, 0.2) is 69.9 Å². The fourth-order valence-electron chi connectivity index (χ4n) is 4.11. The van der Waals surface area contributed by atoms with Gasteiger partial charge >= 0.3 is 5.63 Å². The van der Waals surface area contributed by atoms with Crippen molar-refractivity contribution in [2.45, 2.75) is 13.5 Å². The van der Waals surface area contributed by atoms with E-state index in [1.165, 1.54) is 0 Å². The molecule has 0 radical (unpaired) electrons. The van der Waals surface area contributed by atoms with Gasteiger partial charge in [0, 0.05) is 17.5 Å². The minimum Gasteiger partial charge on any atom is -0.497 e. The van der Waals surface area contributed by atoms with Crippen molar-refractivity contribution in [2.24, 2.45) is 0 Å². The Morgan fingerprint density at radius 3 is 2.50 bits per heavy atom. The van der Waals surface area contributed by atoms with Gasteiger partial charge < -0.3 is 23.5 Å². The molecule has 6 heteroatoms. The summed E-state index contributed by atoms with van der Waals surface area (Å²) in [5.74, 6) is 2.10. The molecule has 0 aliphatic carbocycles.